The fourth-order valence-electron chi connectivity index (χ4n) is 2.47. The summed E-state index contributed by atoms with van der Waals surface area (Å²) in [6.07, 6.45) is 0. The maximum absolute atomic E-state index is 13.9. The number of ether oxygens (including phenoxy) is 2. The van der Waals surface area contributed by atoms with E-state index < -0.39 is 12.4 Å². The van der Waals surface area contributed by atoms with E-state index in [0.717, 1.165) is 32.8 Å². The van der Waals surface area contributed by atoms with Crippen LogP contribution in [0.25, 0.3) is 0 Å². The van der Waals surface area contributed by atoms with Gasteiger partial charge < -0.3 is 20.1 Å². The number of morpholine rings is 1. The second-order valence-electron chi connectivity index (χ2n) is 5.40. The molecule has 0 amide bonds. The van der Waals surface area contributed by atoms with Crippen LogP contribution >= 0.6 is 24.0 Å². The lowest BCUT2D eigenvalue weighted by molar-refractivity contribution is -0.0506. The van der Waals surface area contributed by atoms with Gasteiger partial charge in [0.25, 0.3) is 0 Å². The normalized spacial score (nSPS) is 15.5. The van der Waals surface area contributed by atoms with Gasteiger partial charge in [-0.25, -0.2) is 4.39 Å². The number of aliphatic imine (C=N–C) groups is 1. The van der Waals surface area contributed by atoms with Crippen LogP contribution in [-0.4, -0.2) is 63.9 Å². The zero-order valence-corrected chi connectivity index (χ0v) is 16.8. The molecule has 1 saturated heterocycles. The van der Waals surface area contributed by atoms with E-state index in [4.69, 9.17) is 4.74 Å². The fraction of sp³-hybridized carbons (Fsp3) is 0.562. The van der Waals surface area contributed by atoms with Gasteiger partial charge in [-0.05, 0) is 12.1 Å². The molecule has 0 radical (unpaired) electrons. The summed E-state index contributed by atoms with van der Waals surface area (Å²) in [6.45, 7) is 1.67. The van der Waals surface area contributed by atoms with Crippen molar-refractivity contribution in [1.82, 2.24) is 15.5 Å². The summed E-state index contributed by atoms with van der Waals surface area (Å²) < 4.78 is 48.4. The monoisotopic (exact) mass is 488 g/mol. The molecule has 2 rings (SSSR count). The topological polar surface area (TPSA) is 58.1 Å². The molecule has 26 heavy (non-hydrogen) atoms. The first-order valence-corrected chi connectivity index (χ1v) is 8.07. The van der Waals surface area contributed by atoms with Gasteiger partial charge in [-0.1, -0.05) is 6.07 Å². The summed E-state index contributed by atoms with van der Waals surface area (Å²) in [4.78, 5) is 6.30. The van der Waals surface area contributed by atoms with Crippen molar-refractivity contribution in [3.63, 3.8) is 0 Å². The molecule has 148 valence electrons. The highest BCUT2D eigenvalue weighted by molar-refractivity contribution is 14.0. The number of halogens is 4. The first-order valence-electron chi connectivity index (χ1n) is 8.07. The Balaban J connectivity index is 0.00000338. The van der Waals surface area contributed by atoms with Crippen molar-refractivity contribution in [2.75, 3.05) is 46.4 Å². The lowest BCUT2D eigenvalue weighted by Gasteiger charge is -2.26. The lowest BCUT2D eigenvalue weighted by atomic mass is 10.2. The number of rotatable bonds is 7. The molecule has 0 aliphatic carbocycles. The summed E-state index contributed by atoms with van der Waals surface area (Å²) in [5, 5.41) is 6.02. The molecule has 1 fully saturated rings. The molecule has 0 bridgehead atoms. The Bertz CT molecular complexity index is 572. The van der Waals surface area contributed by atoms with Crippen LogP contribution in [0.15, 0.2) is 23.2 Å². The first-order chi connectivity index (χ1) is 12.1. The molecule has 1 aliphatic heterocycles. The molecule has 0 saturated carbocycles. The summed E-state index contributed by atoms with van der Waals surface area (Å²) in [7, 11) is 1.59. The Kier molecular flexibility index (Phi) is 10.7. The molecule has 0 atom stereocenters. The Morgan fingerprint density at radius 1 is 1.31 bits per heavy atom. The molecule has 0 unspecified atom stereocenters. The van der Waals surface area contributed by atoms with E-state index in [-0.39, 0.29) is 41.8 Å². The summed E-state index contributed by atoms with van der Waals surface area (Å²) in [5.74, 6) is -0.347. The van der Waals surface area contributed by atoms with Gasteiger partial charge in [0.1, 0.15) is 11.6 Å². The zero-order chi connectivity index (χ0) is 18.1. The molecule has 1 aliphatic rings. The number of hydrogen-bond donors (Lipinski definition) is 2. The van der Waals surface area contributed by atoms with Gasteiger partial charge >= 0.3 is 6.61 Å². The maximum atomic E-state index is 13.9. The highest BCUT2D eigenvalue weighted by atomic mass is 127. The predicted octanol–water partition coefficient (Wildman–Crippen LogP) is 2.04. The van der Waals surface area contributed by atoms with Crippen LogP contribution in [0.3, 0.4) is 0 Å². The van der Waals surface area contributed by atoms with Crippen molar-refractivity contribution < 1.29 is 22.6 Å². The third kappa shape index (κ3) is 7.54. The average molecular weight is 488 g/mol. The predicted molar refractivity (Wildman–Crippen MR) is 104 cm³/mol. The van der Waals surface area contributed by atoms with Crippen LogP contribution in [0.1, 0.15) is 5.56 Å². The van der Waals surface area contributed by atoms with Crippen LogP contribution in [0.4, 0.5) is 13.2 Å². The quantitative estimate of drug-likeness (QED) is 0.350. The van der Waals surface area contributed by atoms with E-state index in [1.54, 1.807) is 7.05 Å². The summed E-state index contributed by atoms with van der Waals surface area (Å²) in [6, 6.07) is 3.83. The van der Waals surface area contributed by atoms with Gasteiger partial charge in [-0.2, -0.15) is 8.78 Å². The second kappa shape index (κ2) is 12.2. The van der Waals surface area contributed by atoms with Crippen LogP contribution in [0.2, 0.25) is 0 Å². The van der Waals surface area contributed by atoms with Crippen molar-refractivity contribution in [2.45, 2.75) is 13.2 Å². The maximum Gasteiger partial charge on any atom is 0.387 e. The van der Waals surface area contributed by atoms with E-state index >= 15 is 0 Å². The van der Waals surface area contributed by atoms with Gasteiger partial charge in [-0.15, -0.1) is 24.0 Å². The molecule has 2 N–H and O–H groups in total. The SMILES string of the molecule is CN=C(NCCN1CCOCC1)NCc1c(F)cccc1OC(F)F.I. The summed E-state index contributed by atoms with van der Waals surface area (Å²) in [5.41, 5.74) is 0.0268. The molecular weight excluding hydrogens is 464 g/mol. The Morgan fingerprint density at radius 3 is 2.69 bits per heavy atom. The molecule has 6 nitrogen and oxygen atoms in total. The van der Waals surface area contributed by atoms with Gasteiger partial charge in [0.2, 0.25) is 0 Å². The highest BCUT2D eigenvalue weighted by Crippen LogP contribution is 2.23. The number of guanidine groups is 1. The molecule has 0 spiro atoms. The van der Waals surface area contributed by atoms with Crippen molar-refractivity contribution in [1.29, 1.82) is 0 Å². The van der Waals surface area contributed by atoms with E-state index in [1.807, 2.05) is 0 Å². The largest absolute Gasteiger partial charge is 0.434 e. The highest BCUT2D eigenvalue weighted by Gasteiger charge is 2.14. The number of nitrogens with zero attached hydrogens (tertiary/aromatic N) is 2. The van der Waals surface area contributed by atoms with Gasteiger partial charge in [0.15, 0.2) is 5.96 Å². The van der Waals surface area contributed by atoms with E-state index in [9.17, 15) is 13.2 Å². The first kappa shape index (κ1) is 22.8. The number of alkyl halides is 2. The minimum atomic E-state index is -3.01. The summed E-state index contributed by atoms with van der Waals surface area (Å²) >= 11 is 0. The van der Waals surface area contributed by atoms with Gasteiger partial charge in [0, 0.05) is 45.3 Å². The average Bonchev–Trinajstić information content (AvgIpc) is 2.60. The van der Waals surface area contributed by atoms with Gasteiger partial charge in [-0.3, -0.25) is 9.89 Å². The van der Waals surface area contributed by atoms with Crippen molar-refractivity contribution in [3.05, 3.63) is 29.6 Å². The zero-order valence-electron chi connectivity index (χ0n) is 14.5. The molecular formula is C16H24F3IN4O2. The van der Waals surface area contributed by atoms with Gasteiger partial charge in [0.05, 0.1) is 13.2 Å². The number of benzene rings is 1. The van der Waals surface area contributed by atoms with E-state index in [0.29, 0.717) is 12.5 Å². The van der Waals surface area contributed by atoms with Crippen LogP contribution in [0.5, 0.6) is 5.75 Å². The standard InChI is InChI=1S/C16H23F3N4O2.HI/c1-20-16(21-5-6-23-7-9-24-10-8-23)22-11-12-13(17)3-2-4-14(12)25-15(18)19;/h2-4,15H,5-11H2,1H3,(H2,20,21,22);1H. The lowest BCUT2D eigenvalue weighted by Crippen LogP contribution is -2.44. The molecule has 1 heterocycles. The van der Waals surface area contributed by atoms with Crippen molar-refractivity contribution in [2.24, 2.45) is 4.99 Å². The van der Waals surface area contributed by atoms with Crippen LogP contribution in [0, 0.1) is 5.82 Å². The van der Waals surface area contributed by atoms with Crippen LogP contribution in [-0.2, 0) is 11.3 Å². The Morgan fingerprint density at radius 2 is 2.04 bits per heavy atom. The van der Waals surface area contributed by atoms with Crippen molar-refractivity contribution >= 4 is 29.9 Å². The Hall–Kier alpha value is -1.27. The molecule has 1 aromatic carbocycles. The van der Waals surface area contributed by atoms with E-state index in [1.165, 1.54) is 18.2 Å². The Labute approximate surface area is 168 Å². The smallest absolute Gasteiger partial charge is 0.387 e. The third-order valence-electron chi connectivity index (χ3n) is 3.77. The molecule has 10 heteroatoms. The number of hydrogen-bond acceptors (Lipinski definition) is 4. The molecule has 1 aromatic rings. The van der Waals surface area contributed by atoms with E-state index in [2.05, 4.69) is 25.3 Å². The molecule has 0 aromatic heterocycles. The minimum Gasteiger partial charge on any atom is -0.434 e. The van der Waals surface area contributed by atoms with Crippen LogP contribution < -0.4 is 15.4 Å². The number of nitrogens with one attached hydrogen (secondary N) is 2. The fourth-order valence-corrected chi connectivity index (χ4v) is 2.47. The van der Waals surface area contributed by atoms with Crippen molar-refractivity contribution in [3.8, 4) is 5.75 Å². The second-order valence-corrected chi connectivity index (χ2v) is 5.40. The third-order valence-corrected chi connectivity index (χ3v) is 3.77. The minimum absolute atomic E-state index is 0.